The highest BCUT2D eigenvalue weighted by molar-refractivity contribution is 5.69. The Balaban J connectivity index is 1.92. The lowest BCUT2D eigenvalue weighted by Crippen LogP contribution is -2.19. The van der Waals surface area contributed by atoms with E-state index in [-0.39, 0.29) is 5.97 Å². The Morgan fingerprint density at radius 1 is 1.07 bits per heavy atom. The van der Waals surface area contributed by atoms with Crippen LogP contribution in [0.5, 0.6) is 5.75 Å². The van der Waals surface area contributed by atoms with Crippen molar-refractivity contribution in [1.29, 1.82) is 0 Å². The molecule has 0 aliphatic heterocycles. The summed E-state index contributed by atoms with van der Waals surface area (Å²) in [5.74, 6) is 1.54. The molecule has 0 radical (unpaired) electrons. The Bertz CT molecular complexity index is 679. The Labute approximate surface area is 161 Å². The Hall–Kier alpha value is -2.63. The van der Waals surface area contributed by atoms with Gasteiger partial charge in [-0.25, -0.2) is 4.98 Å². The maximum absolute atomic E-state index is 11.4. The van der Waals surface area contributed by atoms with E-state index in [9.17, 15) is 4.79 Å². The lowest BCUT2D eigenvalue weighted by atomic mass is 10.1. The van der Waals surface area contributed by atoms with Gasteiger partial charge in [0.25, 0.3) is 0 Å². The highest BCUT2D eigenvalue weighted by atomic mass is 16.5. The van der Waals surface area contributed by atoms with Crippen LogP contribution < -0.4 is 9.64 Å². The van der Waals surface area contributed by atoms with E-state index < -0.39 is 0 Å². The normalized spacial score (nSPS) is 10.4. The molecule has 0 saturated heterocycles. The van der Waals surface area contributed by atoms with Crippen molar-refractivity contribution in [1.82, 2.24) is 9.97 Å². The molecule has 6 nitrogen and oxygen atoms in total. The lowest BCUT2D eigenvalue weighted by molar-refractivity contribution is -0.143. The van der Waals surface area contributed by atoms with Gasteiger partial charge in [-0.1, -0.05) is 18.9 Å². The minimum atomic E-state index is -0.105. The van der Waals surface area contributed by atoms with Crippen molar-refractivity contribution in [3.63, 3.8) is 0 Å². The fourth-order valence-corrected chi connectivity index (χ4v) is 2.82. The van der Waals surface area contributed by atoms with E-state index in [2.05, 4.69) is 14.9 Å². The van der Waals surface area contributed by atoms with Gasteiger partial charge in [0, 0.05) is 25.2 Å². The van der Waals surface area contributed by atoms with Gasteiger partial charge in [-0.05, 0) is 38.8 Å². The summed E-state index contributed by atoms with van der Waals surface area (Å²) in [6, 6.07) is 7.88. The molecule has 2 rings (SSSR count). The molecule has 0 atom stereocenters. The SMILES string of the molecule is CCOC(=O)CCCCCCN(c1cncc(OCC)c1)c1ccccn1. The van der Waals surface area contributed by atoms with Crippen molar-refractivity contribution in [3.8, 4) is 5.75 Å². The van der Waals surface area contributed by atoms with Crippen molar-refractivity contribution < 1.29 is 14.3 Å². The van der Waals surface area contributed by atoms with Crippen LogP contribution >= 0.6 is 0 Å². The number of esters is 1. The van der Waals surface area contributed by atoms with Gasteiger partial charge in [0.2, 0.25) is 0 Å². The molecule has 0 spiro atoms. The number of anilines is 2. The van der Waals surface area contributed by atoms with E-state index in [1.54, 1.807) is 12.4 Å². The van der Waals surface area contributed by atoms with Gasteiger partial charge < -0.3 is 14.4 Å². The molecule has 2 aromatic rings. The molecule has 0 bridgehead atoms. The standard InChI is InChI=1S/C21H29N3O3/c1-3-26-19-15-18(16-22-17-19)24(20-11-8-9-13-23-20)14-10-6-5-7-12-21(25)27-4-2/h8-9,11,13,15-17H,3-7,10,12,14H2,1-2H3. The van der Waals surface area contributed by atoms with Crippen molar-refractivity contribution in [2.75, 3.05) is 24.7 Å². The summed E-state index contributed by atoms with van der Waals surface area (Å²) in [4.78, 5) is 22.3. The third-order valence-electron chi connectivity index (χ3n) is 4.07. The van der Waals surface area contributed by atoms with Crippen LogP contribution in [0.2, 0.25) is 0 Å². The summed E-state index contributed by atoms with van der Waals surface area (Å²) in [6.07, 6.45) is 9.76. The number of hydrogen-bond acceptors (Lipinski definition) is 6. The van der Waals surface area contributed by atoms with Crippen LogP contribution in [-0.4, -0.2) is 35.7 Å². The summed E-state index contributed by atoms with van der Waals surface area (Å²) >= 11 is 0. The average Bonchev–Trinajstić information content (AvgIpc) is 2.69. The molecule has 2 heterocycles. The first kappa shape index (κ1) is 20.7. The first-order chi connectivity index (χ1) is 13.2. The zero-order valence-electron chi connectivity index (χ0n) is 16.3. The quantitative estimate of drug-likeness (QED) is 0.403. The van der Waals surface area contributed by atoms with Gasteiger partial charge in [-0.2, -0.15) is 0 Å². The molecule has 0 aliphatic rings. The molecule has 6 heteroatoms. The van der Waals surface area contributed by atoms with Crippen molar-refractivity contribution in [3.05, 3.63) is 42.9 Å². The number of carbonyl (C=O) groups excluding carboxylic acids is 1. The summed E-state index contributed by atoms with van der Waals surface area (Å²) < 4.78 is 10.5. The number of unbranched alkanes of at least 4 members (excludes halogenated alkanes) is 3. The zero-order valence-corrected chi connectivity index (χ0v) is 16.3. The molecule has 146 valence electrons. The Kier molecular flexibility index (Phi) is 9.10. The van der Waals surface area contributed by atoms with E-state index in [4.69, 9.17) is 9.47 Å². The predicted molar refractivity (Wildman–Crippen MR) is 106 cm³/mol. The highest BCUT2D eigenvalue weighted by Crippen LogP contribution is 2.26. The summed E-state index contributed by atoms with van der Waals surface area (Å²) in [6.45, 7) is 5.68. The third-order valence-corrected chi connectivity index (χ3v) is 4.07. The van der Waals surface area contributed by atoms with Crippen LogP contribution in [0, 0.1) is 0 Å². The fourth-order valence-electron chi connectivity index (χ4n) is 2.82. The van der Waals surface area contributed by atoms with Crippen LogP contribution in [0.25, 0.3) is 0 Å². The van der Waals surface area contributed by atoms with E-state index in [0.717, 1.165) is 49.5 Å². The Morgan fingerprint density at radius 2 is 1.93 bits per heavy atom. The lowest BCUT2D eigenvalue weighted by Gasteiger charge is -2.24. The van der Waals surface area contributed by atoms with Crippen molar-refractivity contribution in [2.24, 2.45) is 0 Å². The van der Waals surface area contributed by atoms with Crippen LogP contribution in [0.3, 0.4) is 0 Å². The third kappa shape index (κ3) is 7.25. The van der Waals surface area contributed by atoms with Gasteiger partial charge in [0.1, 0.15) is 11.6 Å². The predicted octanol–water partition coefficient (Wildman–Crippen LogP) is 4.53. The Morgan fingerprint density at radius 3 is 2.67 bits per heavy atom. The maximum Gasteiger partial charge on any atom is 0.305 e. The second kappa shape index (κ2) is 11.9. The second-order valence-corrected chi connectivity index (χ2v) is 6.12. The summed E-state index contributed by atoms with van der Waals surface area (Å²) in [7, 11) is 0. The number of ether oxygens (including phenoxy) is 2. The minimum absolute atomic E-state index is 0.105. The van der Waals surface area contributed by atoms with Crippen molar-refractivity contribution >= 4 is 17.5 Å². The first-order valence-electron chi connectivity index (χ1n) is 9.66. The van der Waals surface area contributed by atoms with Gasteiger partial charge >= 0.3 is 5.97 Å². The molecule has 0 amide bonds. The van der Waals surface area contributed by atoms with Gasteiger partial charge in [0.05, 0.1) is 31.3 Å². The topological polar surface area (TPSA) is 64.5 Å². The van der Waals surface area contributed by atoms with Gasteiger partial charge in [0.15, 0.2) is 0 Å². The van der Waals surface area contributed by atoms with E-state index in [1.165, 1.54) is 0 Å². The summed E-state index contributed by atoms with van der Waals surface area (Å²) in [5.41, 5.74) is 0.964. The molecule has 0 unspecified atom stereocenters. The second-order valence-electron chi connectivity index (χ2n) is 6.12. The monoisotopic (exact) mass is 371 g/mol. The number of rotatable bonds is 12. The van der Waals surface area contributed by atoms with Crippen LogP contribution in [0.1, 0.15) is 46.0 Å². The molecule has 2 aromatic heterocycles. The molecular formula is C21H29N3O3. The fraction of sp³-hybridized carbons (Fsp3) is 0.476. The molecule has 27 heavy (non-hydrogen) atoms. The summed E-state index contributed by atoms with van der Waals surface area (Å²) in [5, 5.41) is 0. The molecular weight excluding hydrogens is 342 g/mol. The van der Waals surface area contributed by atoms with Gasteiger partial charge in [-0.15, -0.1) is 0 Å². The zero-order chi connectivity index (χ0) is 19.3. The molecule has 0 fully saturated rings. The van der Waals surface area contributed by atoms with Crippen LogP contribution in [-0.2, 0) is 9.53 Å². The van der Waals surface area contributed by atoms with Crippen molar-refractivity contribution in [2.45, 2.75) is 46.0 Å². The number of pyridine rings is 2. The number of nitrogens with zero attached hydrogens (tertiary/aromatic N) is 3. The maximum atomic E-state index is 11.4. The molecule has 0 aromatic carbocycles. The molecule has 0 saturated carbocycles. The largest absolute Gasteiger partial charge is 0.492 e. The number of carbonyl (C=O) groups is 1. The number of hydrogen-bond donors (Lipinski definition) is 0. The van der Waals surface area contributed by atoms with E-state index in [0.29, 0.717) is 19.6 Å². The minimum Gasteiger partial charge on any atom is -0.492 e. The molecule has 0 N–H and O–H groups in total. The van der Waals surface area contributed by atoms with Crippen LogP contribution in [0.15, 0.2) is 42.9 Å². The molecule has 0 aliphatic carbocycles. The van der Waals surface area contributed by atoms with E-state index in [1.807, 2.05) is 44.3 Å². The smallest absolute Gasteiger partial charge is 0.305 e. The number of aromatic nitrogens is 2. The highest BCUT2D eigenvalue weighted by Gasteiger charge is 2.12. The average molecular weight is 371 g/mol. The van der Waals surface area contributed by atoms with Crippen LogP contribution in [0.4, 0.5) is 11.5 Å². The first-order valence-corrected chi connectivity index (χ1v) is 9.66. The van der Waals surface area contributed by atoms with E-state index >= 15 is 0 Å². The van der Waals surface area contributed by atoms with Gasteiger partial charge in [-0.3, -0.25) is 9.78 Å².